The maximum absolute atomic E-state index is 2.85. The molecule has 3 heterocycles. The van der Waals surface area contributed by atoms with Crippen LogP contribution in [0, 0.1) is 0 Å². The van der Waals surface area contributed by atoms with Crippen molar-refractivity contribution >= 4 is 39.2 Å². The van der Waals surface area contributed by atoms with Crippen LogP contribution in [0.1, 0.15) is 119 Å². The van der Waals surface area contributed by atoms with Gasteiger partial charge in [0.2, 0.25) is 0 Å². The van der Waals surface area contributed by atoms with Crippen LogP contribution in [0.15, 0.2) is 48.6 Å². The van der Waals surface area contributed by atoms with Crippen molar-refractivity contribution in [1.29, 1.82) is 0 Å². The number of hydrogen-bond acceptors (Lipinski definition) is 0. The fraction of sp³-hybridized carbons (Fsp3) is 0.647. The van der Waals surface area contributed by atoms with Crippen LogP contribution in [-0.4, -0.2) is 28.4 Å². The number of fused-ring (bicyclic) bond motifs is 1. The molecule has 0 radical (unpaired) electrons. The second-order valence-electron chi connectivity index (χ2n) is 16.6. The molecule has 2 aromatic rings. The highest BCUT2D eigenvalue weighted by Crippen LogP contribution is 2.84. The molecule has 38 heavy (non-hydrogen) atoms. The van der Waals surface area contributed by atoms with Gasteiger partial charge in [-0.25, -0.2) is 0 Å². The van der Waals surface area contributed by atoms with Gasteiger partial charge in [-0.2, -0.15) is 0 Å². The molecule has 3 aliphatic heterocycles. The van der Waals surface area contributed by atoms with E-state index in [0.29, 0.717) is 21.2 Å². The molecule has 0 amide bonds. The summed E-state index contributed by atoms with van der Waals surface area (Å²) in [5.74, 6) is 0. The summed E-state index contributed by atoms with van der Waals surface area (Å²) in [6, 6.07) is 14.6. The van der Waals surface area contributed by atoms with Crippen LogP contribution < -0.4 is 0 Å². The maximum atomic E-state index is 2.85. The van der Waals surface area contributed by atoms with Gasteiger partial charge in [0.1, 0.15) is 0 Å². The Morgan fingerprint density at radius 3 is 1.05 bits per heavy atom. The van der Waals surface area contributed by atoms with E-state index in [1.54, 1.807) is 11.1 Å². The van der Waals surface area contributed by atoms with E-state index in [1.165, 1.54) is 10.8 Å². The van der Waals surface area contributed by atoms with Gasteiger partial charge in [-0.05, 0) is 43.1 Å². The smallest absolute Gasteiger partial charge is 0.0580 e. The normalized spacial score (nSPS) is 31.3. The molecule has 2 aromatic carbocycles. The van der Waals surface area contributed by atoms with E-state index >= 15 is 0 Å². The van der Waals surface area contributed by atoms with Crippen molar-refractivity contribution in [3.63, 3.8) is 0 Å². The first kappa shape index (κ1) is 28.8. The molecule has 0 unspecified atom stereocenters. The molecule has 1 fully saturated rings. The van der Waals surface area contributed by atoms with E-state index in [1.807, 2.05) is 0 Å². The van der Waals surface area contributed by atoms with Gasteiger partial charge in [-0.15, -0.1) is 0 Å². The predicted octanol–water partition coefficient (Wildman–Crippen LogP) is 11.0. The summed E-state index contributed by atoms with van der Waals surface area (Å²) in [6.07, 6.45) is 5.70. The largest absolute Gasteiger partial charge is 0.0840 e. The lowest BCUT2D eigenvalue weighted by molar-refractivity contribution is 0.661. The van der Waals surface area contributed by atoms with Crippen molar-refractivity contribution in [1.82, 2.24) is 0 Å². The number of hydrogen-bond donors (Lipinski definition) is 0. The molecule has 0 nitrogen and oxygen atoms in total. The number of allylic oxidation sites excluding steroid dienone is 2. The van der Waals surface area contributed by atoms with Gasteiger partial charge in [-0.1, -0.05) is 168 Å². The van der Waals surface area contributed by atoms with Gasteiger partial charge in [0.15, 0.2) is 0 Å². The second kappa shape index (κ2) is 8.42. The summed E-state index contributed by atoms with van der Waals surface area (Å²) in [5, 5.41) is 3.77. The summed E-state index contributed by atoms with van der Waals surface area (Å²) >= 11 is 0. The molecule has 1 saturated heterocycles. The molecule has 0 spiro atoms. The van der Waals surface area contributed by atoms with Crippen molar-refractivity contribution in [3.8, 4) is 0 Å². The molecule has 0 saturated carbocycles. The average Bonchev–Trinajstić information content (AvgIpc) is 2.75. The van der Waals surface area contributed by atoms with Crippen LogP contribution in [0.5, 0.6) is 0 Å². The van der Waals surface area contributed by atoms with E-state index in [4.69, 9.17) is 0 Å². The fourth-order valence-corrected chi connectivity index (χ4v) is 186. The van der Waals surface area contributed by atoms with Gasteiger partial charge in [-0.3, -0.25) is 0 Å². The zero-order chi connectivity index (χ0) is 28.4. The number of benzene rings is 2. The molecule has 208 valence electrons. The molecule has 4 atom stereocenters. The van der Waals surface area contributed by atoms with Crippen LogP contribution in [0.2, 0.25) is 32.2 Å². The highest BCUT2D eigenvalue weighted by atomic mass is 30.2. The van der Waals surface area contributed by atoms with Gasteiger partial charge in [0, 0.05) is 14.2 Å². The minimum Gasteiger partial charge on any atom is -0.0840 e. The van der Waals surface area contributed by atoms with E-state index in [2.05, 4.69) is 145 Å². The summed E-state index contributed by atoms with van der Waals surface area (Å²) in [7, 11) is -7.23. The lowest BCUT2D eigenvalue weighted by atomic mass is 9.92. The Balaban J connectivity index is 2.10. The lowest BCUT2D eigenvalue weighted by Crippen LogP contribution is -3.15. The molecular weight excluding hydrogens is 521 g/mol. The standard InChI is InChI=1S/C34H56Si4/c1-23(2)35(24(3)4)36(25(5)6,26(7)8)38(34(12,13)14)32-20-19-31(37(35,38)33(9,10)11)29-21-27-17-15-16-18-28(27)22-30(29)32/h15-26,31-32H,1-14H3/t31-,32+,37+,38-. The molecule has 2 bridgehead atoms. The summed E-state index contributed by atoms with van der Waals surface area (Å²) in [5.41, 5.74) is 8.50. The molecule has 4 aliphatic rings. The van der Waals surface area contributed by atoms with Crippen molar-refractivity contribution in [3.05, 3.63) is 59.7 Å². The first-order chi connectivity index (χ1) is 17.5. The minimum atomic E-state index is -1.88. The Morgan fingerprint density at radius 1 is 0.526 bits per heavy atom. The Hall–Kier alpha value is -0.692. The lowest BCUT2D eigenvalue weighted by Gasteiger charge is -2.94. The predicted molar refractivity (Wildman–Crippen MR) is 181 cm³/mol. The van der Waals surface area contributed by atoms with Gasteiger partial charge in [0.25, 0.3) is 0 Å². The van der Waals surface area contributed by atoms with Crippen molar-refractivity contribution in [2.24, 2.45) is 0 Å². The zero-order valence-electron chi connectivity index (χ0n) is 27.1. The summed E-state index contributed by atoms with van der Waals surface area (Å²) < 4.78 is 0. The maximum Gasteiger partial charge on any atom is 0.0580 e. The first-order valence-corrected chi connectivity index (χ1v) is 28.1. The number of rotatable bonds is 4. The topological polar surface area (TPSA) is 0 Å². The fourth-order valence-electron chi connectivity index (χ4n) is 13.7. The van der Waals surface area contributed by atoms with E-state index < -0.39 is 28.4 Å². The molecule has 0 N–H and O–H groups in total. The molecule has 1 aliphatic carbocycles. The van der Waals surface area contributed by atoms with Gasteiger partial charge >= 0.3 is 0 Å². The minimum absolute atomic E-state index is 0.421. The summed E-state index contributed by atoms with van der Waals surface area (Å²) in [4.78, 5) is 0. The molecular formula is C34H56Si4. The van der Waals surface area contributed by atoms with Crippen LogP contribution in [-0.2, 0) is 0 Å². The molecule has 6 rings (SSSR count). The molecule has 0 aromatic heterocycles. The Kier molecular flexibility index (Phi) is 6.39. The van der Waals surface area contributed by atoms with Crippen LogP contribution in [0.25, 0.3) is 10.8 Å². The van der Waals surface area contributed by atoms with Gasteiger partial charge in [0.05, 0.1) is 14.2 Å². The third-order valence-corrected chi connectivity index (χ3v) is 113. The van der Waals surface area contributed by atoms with Gasteiger partial charge < -0.3 is 0 Å². The second-order valence-corrected chi connectivity index (χ2v) is 57.6. The highest BCUT2D eigenvalue weighted by molar-refractivity contribution is 8.16. The Morgan fingerprint density at radius 2 is 0.816 bits per heavy atom. The Bertz CT molecular complexity index is 1170. The third kappa shape index (κ3) is 2.65. The third-order valence-electron chi connectivity index (χ3n) is 12.7. The first-order valence-electron chi connectivity index (χ1n) is 15.7. The van der Waals surface area contributed by atoms with Crippen LogP contribution in [0.4, 0.5) is 0 Å². The SMILES string of the molecule is CC(C)[Si]1(C(C)C)[Si](C(C)C)(C(C)C)[Si@]2(C(C)(C)C)[C@H]3C=C[C@H](c4cc5ccccc5cc43)[Si@]12C(C)(C)C. The highest BCUT2D eigenvalue weighted by Gasteiger charge is 2.98. The average molecular weight is 577 g/mol. The summed E-state index contributed by atoms with van der Waals surface area (Å²) in [6.45, 7) is 38.6. The van der Waals surface area contributed by atoms with Crippen LogP contribution >= 0.6 is 0 Å². The van der Waals surface area contributed by atoms with E-state index in [9.17, 15) is 0 Å². The van der Waals surface area contributed by atoms with E-state index in [-0.39, 0.29) is 0 Å². The van der Waals surface area contributed by atoms with Crippen LogP contribution in [0.3, 0.4) is 0 Å². The zero-order valence-corrected chi connectivity index (χ0v) is 31.1. The molecule has 4 heteroatoms. The monoisotopic (exact) mass is 576 g/mol. The quantitative estimate of drug-likeness (QED) is 0.251. The van der Waals surface area contributed by atoms with Crippen molar-refractivity contribution < 1.29 is 0 Å². The Labute approximate surface area is 238 Å². The van der Waals surface area contributed by atoms with E-state index in [0.717, 1.165) is 22.2 Å². The van der Waals surface area contributed by atoms with Crippen molar-refractivity contribution in [2.75, 3.05) is 0 Å². The van der Waals surface area contributed by atoms with Crippen molar-refractivity contribution in [2.45, 2.75) is 140 Å².